The van der Waals surface area contributed by atoms with Gasteiger partial charge in [0.25, 0.3) is 0 Å². The molecule has 0 bridgehead atoms. The van der Waals surface area contributed by atoms with E-state index in [1.165, 1.54) is 31.9 Å². The average Bonchev–Trinajstić information content (AvgIpc) is 2.49. The molecule has 1 fully saturated rings. The van der Waals surface area contributed by atoms with Gasteiger partial charge in [0.1, 0.15) is 0 Å². The number of methoxy groups -OCH3 is 1. The zero-order valence-corrected chi connectivity index (χ0v) is 12.0. The topological polar surface area (TPSA) is 49.8 Å². The van der Waals surface area contributed by atoms with Gasteiger partial charge in [0.15, 0.2) is 0 Å². The number of rotatable bonds is 5. The standard InChI is InChI=1S/C16H23NO3/c1-20-16(19)14-7-5-13(6-8-14)12-17-10-3-2-4-15(17)9-11-18/h5-8,15,18H,2-4,9-12H2,1H3. The van der Waals surface area contributed by atoms with Crippen LogP contribution >= 0.6 is 0 Å². The van der Waals surface area contributed by atoms with Crippen molar-refractivity contribution in [3.63, 3.8) is 0 Å². The Labute approximate surface area is 120 Å². The molecule has 0 aromatic heterocycles. The molecule has 4 heteroatoms. The largest absolute Gasteiger partial charge is 0.465 e. The van der Waals surface area contributed by atoms with Gasteiger partial charge < -0.3 is 9.84 Å². The lowest BCUT2D eigenvalue weighted by Crippen LogP contribution is -2.39. The van der Waals surface area contributed by atoms with Crippen LogP contribution in [0.25, 0.3) is 0 Å². The van der Waals surface area contributed by atoms with E-state index in [1.807, 2.05) is 24.3 Å². The van der Waals surface area contributed by atoms with Crippen molar-refractivity contribution in [2.45, 2.75) is 38.3 Å². The summed E-state index contributed by atoms with van der Waals surface area (Å²) in [5, 5.41) is 9.15. The molecule has 1 saturated heterocycles. The van der Waals surface area contributed by atoms with Crippen molar-refractivity contribution in [1.82, 2.24) is 4.90 Å². The van der Waals surface area contributed by atoms with Gasteiger partial charge in [-0.3, -0.25) is 4.90 Å². The van der Waals surface area contributed by atoms with E-state index in [4.69, 9.17) is 9.84 Å². The van der Waals surface area contributed by atoms with Gasteiger partial charge in [0.2, 0.25) is 0 Å². The van der Waals surface area contributed by atoms with Crippen molar-refractivity contribution >= 4 is 5.97 Å². The Hall–Kier alpha value is -1.39. The lowest BCUT2D eigenvalue weighted by molar-refractivity contribution is 0.0600. The van der Waals surface area contributed by atoms with Crippen LogP contribution in [0, 0.1) is 0 Å². The number of carbonyl (C=O) groups is 1. The Morgan fingerprint density at radius 2 is 2.10 bits per heavy atom. The van der Waals surface area contributed by atoms with E-state index in [-0.39, 0.29) is 12.6 Å². The van der Waals surface area contributed by atoms with Crippen LogP contribution in [0.2, 0.25) is 0 Å². The summed E-state index contributed by atoms with van der Waals surface area (Å²) in [7, 11) is 1.39. The van der Waals surface area contributed by atoms with Gasteiger partial charge in [0, 0.05) is 19.2 Å². The Bertz CT molecular complexity index is 428. The van der Waals surface area contributed by atoms with Gasteiger partial charge in [0.05, 0.1) is 12.7 Å². The number of nitrogens with zero attached hydrogens (tertiary/aromatic N) is 1. The normalized spacial score (nSPS) is 19.8. The van der Waals surface area contributed by atoms with Crippen LogP contribution in [0.3, 0.4) is 0 Å². The van der Waals surface area contributed by atoms with E-state index >= 15 is 0 Å². The van der Waals surface area contributed by atoms with E-state index in [0.29, 0.717) is 11.6 Å². The summed E-state index contributed by atoms with van der Waals surface area (Å²) in [4.78, 5) is 13.8. The Morgan fingerprint density at radius 3 is 2.75 bits per heavy atom. The highest BCUT2D eigenvalue weighted by atomic mass is 16.5. The van der Waals surface area contributed by atoms with E-state index in [2.05, 4.69) is 4.90 Å². The first-order valence-electron chi connectivity index (χ1n) is 7.26. The first-order valence-corrected chi connectivity index (χ1v) is 7.26. The van der Waals surface area contributed by atoms with Gasteiger partial charge in [-0.2, -0.15) is 0 Å². The average molecular weight is 277 g/mol. The van der Waals surface area contributed by atoms with Crippen molar-refractivity contribution in [3.8, 4) is 0 Å². The molecule has 0 amide bonds. The van der Waals surface area contributed by atoms with Crippen LogP contribution in [0.4, 0.5) is 0 Å². The molecule has 1 atom stereocenters. The summed E-state index contributed by atoms with van der Waals surface area (Å²) in [5.74, 6) is -0.298. The molecule has 0 saturated carbocycles. The Morgan fingerprint density at radius 1 is 1.35 bits per heavy atom. The van der Waals surface area contributed by atoms with Crippen molar-refractivity contribution < 1.29 is 14.6 Å². The molecule has 0 radical (unpaired) electrons. The SMILES string of the molecule is COC(=O)c1ccc(CN2CCCCC2CCO)cc1. The van der Waals surface area contributed by atoms with E-state index in [9.17, 15) is 4.79 Å². The highest BCUT2D eigenvalue weighted by Gasteiger charge is 2.21. The number of aliphatic hydroxyl groups is 1. The quantitative estimate of drug-likeness (QED) is 0.838. The third-order valence-electron chi connectivity index (χ3n) is 3.97. The summed E-state index contributed by atoms with van der Waals surface area (Å²) in [5.41, 5.74) is 1.78. The number of ether oxygens (including phenoxy) is 1. The molecule has 2 rings (SSSR count). The molecular weight excluding hydrogens is 254 g/mol. The second kappa shape index (κ2) is 7.41. The molecule has 20 heavy (non-hydrogen) atoms. The van der Waals surface area contributed by atoms with Crippen molar-refractivity contribution in [3.05, 3.63) is 35.4 Å². The number of hydrogen-bond donors (Lipinski definition) is 1. The molecule has 1 aliphatic heterocycles. The number of carbonyl (C=O) groups excluding carboxylic acids is 1. The maximum atomic E-state index is 11.4. The highest BCUT2D eigenvalue weighted by molar-refractivity contribution is 5.89. The number of piperidine rings is 1. The lowest BCUT2D eigenvalue weighted by atomic mass is 9.98. The summed E-state index contributed by atoms with van der Waals surface area (Å²) in [6, 6.07) is 8.07. The fourth-order valence-electron chi connectivity index (χ4n) is 2.84. The third kappa shape index (κ3) is 3.81. The van der Waals surface area contributed by atoms with Crippen LogP contribution < -0.4 is 0 Å². The zero-order chi connectivity index (χ0) is 14.4. The maximum Gasteiger partial charge on any atom is 0.337 e. The monoisotopic (exact) mass is 277 g/mol. The minimum atomic E-state index is -0.298. The highest BCUT2D eigenvalue weighted by Crippen LogP contribution is 2.22. The molecule has 0 spiro atoms. The van der Waals surface area contributed by atoms with Gasteiger partial charge >= 0.3 is 5.97 Å². The second-order valence-corrected chi connectivity index (χ2v) is 5.32. The van der Waals surface area contributed by atoms with Crippen molar-refractivity contribution in [2.24, 2.45) is 0 Å². The number of hydrogen-bond acceptors (Lipinski definition) is 4. The lowest BCUT2D eigenvalue weighted by Gasteiger charge is -2.35. The Balaban J connectivity index is 1.99. The summed E-state index contributed by atoms with van der Waals surface area (Å²) in [6.45, 7) is 2.22. The van der Waals surface area contributed by atoms with Crippen LogP contribution in [0.15, 0.2) is 24.3 Å². The van der Waals surface area contributed by atoms with Crippen LogP contribution in [0.1, 0.15) is 41.6 Å². The molecule has 1 N–H and O–H groups in total. The number of aliphatic hydroxyl groups excluding tert-OH is 1. The summed E-state index contributed by atoms with van der Waals surface area (Å²) >= 11 is 0. The van der Waals surface area contributed by atoms with Crippen molar-refractivity contribution in [2.75, 3.05) is 20.3 Å². The fourth-order valence-corrected chi connectivity index (χ4v) is 2.84. The minimum Gasteiger partial charge on any atom is -0.465 e. The van der Waals surface area contributed by atoms with Gasteiger partial charge in [-0.05, 0) is 43.5 Å². The molecule has 1 aromatic carbocycles. The predicted molar refractivity (Wildman–Crippen MR) is 77.5 cm³/mol. The van der Waals surface area contributed by atoms with E-state index in [1.54, 1.807) is 0 Å². The fraction of sp³-hybridized carbons (Fsp3) is 0.562. The Kier molecular flexibility index (Phi) is 5.56. The first-order chi connectivity index (χ1) is 9.74. The third-order valence-corrected chi connectivity index (χ3v) is 3.97. The predicted octanol–water partition coefficient (Wildman–Crippen LogP) is 2.21. The number of likely N-dealkylation sites (tertiary alicyclic amines) is 1. The number of esters is 1. The maximum absolute atomic E-state index is 11.4. The zero-order valence-electron chi connectivity index (χ0n) is 12.0. The van der Waals surface area contributed by atoms with Crippen LogP contribution in [0.5, 0.6) is 0 Å². The van der Waals surface area contributed by atoms with Crippen LogP contribution in [-0.2, 0) is 11.3 Å². The summed E-state index contributed by atoms with van der Waals surface area (Å²) in [6.07, 6.45) is 4.49. The smallest absolute Gasteiger partial charge is 0.337 e. The second-order valence-electron chi connectivity index (χ2n) is 5.32. The molecule has 110 valence electrons. The summed E-state index contributed by atoms with van der Waals surface area (Å²) < 4.78 is 4.70. The first kappa shape index (κ1) is 15.0. The van der Waals surface area contributed by atoms with Gasteiger partial charge in [-0.1, -0.05) is 18.6 Å². The van der Waals surface area contributed by atoms with E-state index in [0.717, 1.165) is 19.5 Å². The molecule has 4 nitrogen and oxygen atoms in total. The van der Waals surface area contributed by atoms with E-state index < -0.39 is 0 Å². The van der Waals surface area contributed by atoms with Gasteiger partial charge in [-0.25, -0.2) is 4.79 Å². The molecule has 1 heterocycles. The minimum absolute atomic E-state index is 0.252. The van der Waals surface area contributed by atoms with Gasteiger partial charge in [-0.15, -0.1) is 0 Å². The molecular formula is C16H23NO3. The molecule has 0 aliphatic carbocycles. The molecule has 1 aliphatic rings. The van der Waals surface area contributed by atoms with Crippen LogP contribution in [-0.4, -0.2) is 42.3 Å². The van der Waals surface area contributed by atoms with Crippen molar-refractivity contribution in [1.29, 1.82) is 0 Å². The molecule has 1 unspecified atom stereocenters. The number of benzene rings is 1. The molecule has 1 aromatic rings.